The van der Waals surface area contributed by atoms with Crippen LogP contribution in [0.3, 0.4) is 0 Å². The Morgan fingerprint density at radius 1 is 0.818 bits per heavy atom. The average molecular weight is 461 g/mol. The predicted molar refractivity (Wildman–Crippen MR) is 146 cm³/mol. The third kappa shape index (κ3) is 7.11. The van der Waals surface area contributed by atoms with Gasteiger partial charge in [0.1, 0.15) is 11.0 Å². The van der Waals surface area contributed by atoms with E-state index in [4.69, 9.17) is 0 Å². The SMILES string of the molecule is CC=CC=CCC(C)c1ccc(-c2ccc(C(C)CCCCCCCC)cc2)c2nsnc12. The highest BCUT2D eigenvalue weighted by molar-refractivity contribution is 7.00. The minimum atomic E-state index is 0.414. The van der Waals surface area contributed by atoms with Crippen LogP contribution in [0.2, 0.25) is 0 Å². The summed E-state index contributed by atoms with van der Waals surface area (Å²) in [6.45, 7) is 8.96. The van der Waals surface area contributed by atoms with E-state index in [-0.39, 0.29) is 0 Å². The summed E-state index contributed by atoms with van der Waals surface area (Å²) in [4.78, 5) is 0. The number of allylic oxidation sites excluding steroid dienone is 4. The van der Waals surface area contributed by atoms with Crippen molar-refractivity contribution in [2.45, 2.75) is 90.9 Å². The van der Waals surface area contributed by atoms with Crippen molar-refractivity contribution in [2.75, 3.05) is 0 Å². The Labute approximate surface area is 205 Å². The first-order valence-electron chi connectivity index (χ1n) is 12.8. The van der Waals surface area contributed by atoms with Crippen molar-refractivity contribution in [3.8, 4) is 11.1 Å². The summed E-state index contributed by atoms with van der Waals surface area (Å²) in [7, 11) is 0. The molecule has 0 aliphatic rings. The summed E-state index contributed by atoms with van der Waals surface area (Å²) in [5.74, 6) is 1.03. The van der Waals surface area contributed by atoms with Gasteiger partial charge in [0.05, 0.1) is 11.7 Å². The van der Waals surface area contributed by atoms with Gasteiger partial charge < -0.3 is 0 Å². The van der Waals surface area contributed by atoms with Gasteiger partial charge in [-0.3, -0.25) is 0 Å². The molecule has 0 aliphatic heterocycles. The maximum atomic E-state index is 4.68. The third-order valence-corrected chi connectivity index (χ3v) is 7.22. The van der Waals surface area contributed by atoms with Crippen molar-refractivity contribution in [2.24, 2.45) is 0 Å². The molecule has 0 spiro atoms. The molecule has 2 aromatic carbocycles. The van der Waals surface area contributed by atoms with E-state index in [1.165, 1.54) is 78.9 Å². The van der Waals surface area contributed by atoms with Gasteiger partial charge in [-0.1, -0.05) is 120 Å². The number of nitrogens with zero attached hydrogens (tertiary/aromatic N) is 2. The van der Waals surface area contributed by atoms with Crippen molar-refractivity contribution < 1.29 is 0 Å². The molecule has 3 rings (SSSR count). The monoisotopic (exact) mass is 460 g/mol. The van der Waals surface area contributed by atoms with Crippen molar-refractivity contribution >= 4 is 22.8 Å². The Morgan fingerprint density at radius 2 is 1.55 bits per heavy atom. The fourth-order valence-electron chi connectivity index (χ4n) is 4.50. The second-order valence-corrected chi connectivity index (χ2v) is 9.86. The Bertz CT molecular complexity index is 1030. The molecule has 33 heavy (non-hydrogen) atoms. The van der Waals surface area contributed by atoms with Crippen molar-refractivity contribution in [3.05, 3.63) is 71.8 Å². The molecule has 0 saturated heterocycles. The summed E-state index contributed by atoms with van der Waals surface area (Å²) in [6.07, 6.45) is 19.0. The Hall–Kier alpha value is -2.26. The van der Waals surface area contributed by atoms with Crippen molar-refractivity contribution in [3.63, 3.8) is 0 Å². The number of hydrogen-bond acceptors (Lipinski definition) is 3. The molecule has 1 aromatic heterocycles. The first-order valence-corrected chi connectivity index (χ1v) is 13.5. The standard InChI is InChI=1S/C30H40N2S/c1-5-7-9-11-12-14-15-23(3)25-17-19-26(20-18-25)28-22-21-27(29-30(28)32-33-31-29)24(4)16-13-10-8-6-2/h6,8,10,13,17-24H,5,7,9,11-12,14-16H2,1-4H3. The summed E-state index contributed by atoms with van der Waals surface area (Å²) in [5, 5.41) is 0. The van der Waals surface area contributed by atoms with E-state index >= 15 is 0 Å². The number of rotatable bonds is 13. The molecule has 0 saturated carbocycles. The normalized spacial score (nSPS) is 13.9. The lowest BCUT2D eigenvalue weighted by atomic mass is 9.91. The lowest BCUT2D eigenvalue weighted by molar-refractivity contribution is 0.557. The molecule has 176 valence electrons. The van der Waals surface area contributed by atoms with Gasteiger partial charge in [0, 0.05) is 5.56 Å². The van der Waals surface area contributed by atoms with Crippen LogP contribution in [0, 0.1) is 0 Å². The summed E-state index contributed by atoms with van der Waals surface area (Å²) in [6, 6.07) is 13.6. The van der Waals surface area contributed by atoms with E-state index in [1.54, 1.807) is 0 Å². The number of hydrogen-bond donors (Lipinski definition) is 0. The molecule has 0 radical (unpaired) electrons. The van der Waals surface area contributed by atoms with Crippen LogP contribution in [0.4, 0.5) is 0 Å². The van der Waals surface area contributed by atoms with Crippen LogP contribution in [0.15, 0.2) is 60.7 Å². The zero-order chi connectivity index (χ0) is 23.5. The molecular weight excluding hydrogens is 420 g/mol. The Kier molecular flexibility index (Phi) is 10.3. The zero-order valence-corrected chi connectivity index (χ0v) is 21.7. The first-order chi connectivity index (χ1) is 16.2. The summed E-state index contributed by atoms with van der Waals surface area (Å²) < 4.78 is 9.35. The highest BCUT2D eigenvalue weighted by Gasteiger charge is 2.16. The molecule has 3 aromatic rings. The number of benzene rings is 2. The zero-order valence-electron chi connectivity index (χ0n) is 20.9. The van der Waals surface area contributed by atoms with Crippen LogP contribution in [0.1, 0.15) is 102 Å². The second-order valence-electron chi connectivity index (χ2n) is 9.33. The van der Waals surface area contributed by atoms with E-state index in [1.807, 2.05) is 6.92 Å². The largest absolute Gasteiger partial charge is 0.173 e. The van der Waals surface area contributed by atoms with Gasteiger partial charge in [-0.15, -0.1) is 0 Å². The molecule has 3 heteroatoms. The molecular formula is C30H40N2S. The second kappa shape index (κ2) is 13.4. The van der Waals surface area contributed by atoms with Gasteiger partial charge in [-0.05, 0) is 48.3 Å². The van der Waals surface area contributed by atoms with Gasteiger partial charge in [0.15, 0.2) is 0 Å². The van der Waals surface area contributed by atoms with Crippen LogP contribution < -0.4 is 0 Å². The van der Waals surface area contributed by atoms with Gasteiger partial charge in [0.2, 0.25) is 0 Å². The maximum absolute atomic E-state index is 4.68. The molecule has 2 atom stereocenters. The van der Waals surface area contributed by atoms with Gasteiger partial charge in [-0.2, -0.15) is 8.75 Å². The van der Waals surface area contributed by atoms with Gasteiger partial charge in [-0.25, -0.2) is 0 Å². The minimum Gasteiger partial charge on any atom is -0.173 e. The quantitative estimate of drug-likeness (QED) is 0.187. The molecule has 0 fully saturated rings. The maximum Gasteiger partial charge on any atom is 0.112 e. The molecule has 0 N–H and O–H groups in total. The van der Waals surface area contributed by atoms with E-state index in [0.29, 0.717) is 11.8 Å². The van der Waals surface area contributed by atoms with Crippen LogP contribution in [0.5, 0.6) is 0 Å². The fraction of sp³-hybridized carbons (Fsp3) is 0.467. The lowest BCUT2D eigenvalue weighted by Crippen LogP contribution is -1.96. The lowest BCUT2D eigenvalue weighted by Gasteiger charge is -2.14. The average Bonchev–Trinajstić information content (AvgIpc) is 3.33. The molecule has 1 heterocycles. The fourth-order valence-corrected chi connectivity index (χ4v) is 5.09. The topological polar surface area (TPSA) is 25.8 Å². The minimum absolute atomic E-state index is 0.414. The van der Waals surface area contributed by atoms with Crippen LogP contribution in [-0.4, -0.2) is 8.75 Å². The first kappa shape index (κ1) is 25.4. The highest BCUT2D eigenvalue weighted by atomic mass is 32.1. The summed E-state index contributed by atoms with van der Waals surface area (Å²) >= 11 is 1.32. The molecule has 2 nitrogen and oxygen atoms in total. The van der Waals surface area contributed by atoms with Gasteiger partial charge >= 0.3 is 0 Å². The highest BCUT2D eigenvalue weighted by Crippen LogP contribution is 2.34. The predicted octanol–water partition coefficient (Wildman–Crippen LogP) is 9.84. The van der Waals surface area contributed by atoms with Crippen molar-refractivity contribution in [1.82, 2.24) is 8.75 Å². The number of aromatic nitrogens is 2. The van der Waals surface area contributed by atoms with E-state index in [0.717, 1.165) is 17.5 Å². The number of fused-ring (bicyclic) bond motifs is 1. The molecule has 2 unspecified atom stereocenters. The number of unbranched alkanes of at least 4 members (excludes halogenated alkanes) is 5. The Balaban J connectivity index is 1.68. The van der Waals surface area contributed by atoms with E-state index < -0.39 is 0 Å². The van der Waals surface area contributed by atoms with E-state index in [2.05, 4.69) is 90.2 Å². The molecule has 0 bridgehead atoms. The molecule has 0 amide bonds. The smallest absolute Gasteiger partial charge is 0.112 e. The summed E-state index contributed by atoms with van der Waals surface area (Å²) in [5.41, 5.74) is 7.25. The Morgan fingerprint density at radius 3 is 2.30 bits per heavy atom. The van der Waals surface area contributed by atoms with Crippen molar-refractivity contribution in [1.29, 1.82) is 0 Å². The van der Waals surface area contributed by atoms with Gasteiger partial charge in [0.25, 0.3) is 0 Å². The van der Waals surface area contributed by atoms with Crippen LogP contribution in [-0.2, 0) is 0 Å². The van der Waals surface area contributed by atoms with Crippen LogP contribution in [0.25, 0.3) is 22.2 Å². The van der Waals surface area contributed by atoms with E-state index in [9.17, 15) is 0 Å². The molecule has 0 aliphatic carbocycles. The van der Waals surface area contributed by atoms with Crippen LogP contribution >= 0.6 is 11.7 Å². The third-order valence-electron chi connectivity index (χ3n) is 6.69.